The molecule has 6 heteroatoms. The standard InChI is InChI=1S/C18H36N4O2/c1-4-16-10-7-9-14-22(16)15-13-21-18(19-5-2)20-12-8-6-11-17(23)24-3/h16H,4-15H2,1-3H3,(H2,19,20,21). The van der Waals surface area contributed by atoms with E-state index in [4.69, 9.17) is 0 Å². The minimum Gasteiger partial charge on any atom is -0.469 e. The van der Waals surface area contributed by atoms with Crippen molar-refractivity contribution in [1.29, 1.82) is 0 Å². The van der Waals surface area contributed by atoms with Gasteiger partial charge in [0.15, 0.2) is 5.96 Å². The smallest absolute Gasteiger partial charge is 0.305 e. The molecule has 1 rings (SSSR count). The van der Waals surface area contributed by atoms with Crippen LogP contribution in [0, 0.1) is 0 Å². The number of unbranched alkanes of at least 4 members (excludes halogenated alkanes) is 1. The van der Waals surface area contributed by atoms with Gasteiger partial charge in [-0.15, -0.1) is 0 Å². The van der Waals surface area contributed by atoms with Crippen molar-refractivity contribution >= 4 is 11.9 Å². The van der Waals surface area contributed by atoms with Gasteiger partial charge in [-0.25, -0.2) is 0 Å². The van der Waals surface area contributed by atoms with Gasteiger partial charge in [-0.2, -0.15) is 0 Å². The van der Waals surface area contributed by atoms with Gasteiger partial charge in [0.05, 0.1) is 7.11 Å². The summed E-state index contributed by atoms with van der Waals surface area (Å²) in [7, 11) is 1.43. The van der Waals surface area contributed by atoms with Crippen molar-refractivity contribution < 1.29 is 9.53 Å². The fourth-order valence-corrected chi connectivity index (χ4v) is 3.15. The largest absolute Gasteiger partial charge is 0.469 e. The molecule has 1 fully saturated rings. The molecule has 0 amide bonds. The molecule has 1 unspecified atom stereocenters. The lowest BCUT2D eigenvalue weighted by atomic mass is 10.0. The van der Waals surface area contributed by atoms with Crippen LogP contribution in [0.2, 0.25) is 0 Å². The summed E-state index contributed by atoms with van der Waals surface area (Å²) < 4.78 is 4.64. The second-order valence-corrected chi connectivity index (χ2v) is 6.31. The van der Waals surface area contributed by atoms with Gasteiger partial charge >= 0.3 is 5.97 Å². The third-order valence-electron chi connectivity index (χ3n) is 4.54. The molecule has 1 heterocycles. The molecule has 1 atom stereocenters. The Balaban J connectivity index is 2.26. The number of aliphatic imine (C=N–C) groups is 1. The van der Waals surface area contributed by atoms with Crippen LogP contribution < -0.4 is 10.6 Å². The Hall–Kier alpha value is -1.30. The van der Waals surface area contributed by atoms with Crippen molar-refractivity contribution in [2.45, 2.75) is 64.8 Å². The summed E-state index contributed by atoms with van der Waals surface area (Å²) in [5, 5.41) is 6.71. The average Bonchev–Trinajstić information content (AvgIpc) is 2.61. The summed E-state index contributed by atoms with van der Waals surface area (Å²) in [6.45, 7) is 9.17. The first kappa shape index (κ1) is 20.7. The van der Waals surface area contributed by atoms with Crippen LogP contribution in [0.25, 0.3) is 0 Å². The maximum Gasteiger partial charge on any atom is 0.305 e. The van der Waals surface area contributed by atoms with E-state index in [9.17, 15) is 4.79 Å². The van der Waals surface area contributed by atoms with E-state index in [1.807, 2.05) is 0 Å². The van der Waals surface area contributed by atoms with E-state index in [1.54, 1.807) is 0 Å². The van der Waals surface area contributed by atoms with E-state index in [0.29, 0.717) is 6.42 Å². The third kappa shape index (κ3) is 8.52. The summed E-state index contributed by atoms with van der Waals surface area (Å²) in [5.74, 6) is 0.733. The minimum absolute atomic E-state index is 0.143. The molecule has 0 aliphatic carbocycles. The Kier molecular flexibility index (Phi) is 11.3. The number of esters is 1. The van der Waals surface area contributed by atoms with Gasteiger partial charge in [-0.1, -0.05) is 13.3 Å². The van der Waals surface area contributed by atoms with Crippen LogP contribution in [-0.2, 0) is 9.53 Å². The number of carbonyl (C=O) groups excluding carboxylic acids is 1. The van der Waals surface area contributed by atoms with Crippen molar-refractivity contribution in [1.82, 2.24) is 15.5 Å². The van der Waals surface area contributed by atoms with Gasteiger partial charge in [0.1, 0.15) is 0 Å². The Morgan fingerprint density at radius 3 is 2.79 bits per heavy atom. The van der Waals surface area contributed by atoms with Crippen LogP contribution in [-0.4, -0.2) is 62.7 Å². The number of ether oxygens (including phenoxy) is 1. The number of hydrogen-bond donors (Lipinski definition) is 2. The predicted octanol–water partition coefficient (Wildman–Crippen LogP) is 2.15. The zero-order valence-electron chi connectivity index (χ0n) is 15.8. The molecule has 0 saturated carbocycles. The minimum atomic E-state index is -0.143. The topological polar surface area (TPSA) is 66.0 Å². The van der Waals surface area contributed by atoms with Crippen LogP contribution in [0.3, 0.4) is 0 Å². The molecule has 0 radical (unpaired) electrons. The van der Waals surface area contributed by atoms with Crippen LogP contribution in [0.1, 0.15) is 58.8 Å². The number of carbonyl (C=O) groups is 1. The normalized spacial score (nSPS) is 19.1. The van der Waals surface area contributed by atoms with Crippen LogP contribution >= 0.6 is 0 Å². The van der Waals surface area contributed by atoms with E-state index < -0.39 is 0 Å². The summed E-state index contributed by atoms with van der Waals surface area (Å²) >= 11 is 0. The fraction of sp³-hybridized carbons (Fsp3) is 0.889. The highest BCUT2D eigenvalue weighted by molar-refractivity contribution is 5.79. The molecule has 1 aliphatic rings. The lowest BCUT2D eigenvalue weighted by Crippen LogP contribution is -2.46. The van der Waals surface area contributed by atoms with Gasteiger partial charge in [0, 0.05) is 38.6 Å². The fourth-order valence-electron chi connectivity index (χ4n) is 3.15. The van der Waals surface area contributed by atoms with E-state index in [2.05, 4.69) is 39.1 Å². The molecule has 1 saturated heterocycles. The SMILES string of the molecule is CCNC(=NCCCCC(=O)OC)NCCN1CCCCC1CC. The molecule has 6 nitrogen and oxygen atoms in total. The number of nitrogens with zero attached hydrogens (tertiary/aromatic N) is 2. The highest BCUT2D eigenvalue weighted by atomic mass is 16.5. The van der Waals surface area contributed by atoms with Crippen LogP contribution in [0.5, 0.6) is 0 Å². The Bertz CT molecular complexity index is 374. The highest BCUT2D eigenvalue weighted by Crippen LogP contribution is 2.18. The van der Waals surface area contributed by atoms with Crippen molar-refractivity contribution in [3.8, 4) is 0 Å². The van der Waals surface area contributed by atoms with E-state index in [-0.39, 0.29) is 5.97 Å². The maximum atomic E-state index is 11.1. The molecule has 0 bridgehead atoms. The molecule has 0 spiro atoms. The van der Waals surface area contributed by atoms with Crippen molar-refractivity contribution in [3.05, 3.63) is 0 Å². The Morgan fingerprint density at radius 2 is 2.08 bits per heavy atom. The molecular formula is C18H36N4O2. The number of guanidine groups is 1. The molecule has 140 valence electrons. The average molecular weight is 341 g/mol. The van der Waals surface area contributed by atoms with Gasteiger partial charge in [0.25, 0.3) is 0 Å². The Labute approximate surface area is 147 Å². The number of piperidine rings is 1. The predicted molar refractivity (Wildman–Crippen MR) is 99.4 cm³/mol. The quantitative estimate of drug-likeness (QED) is 0.276. The molecule has 24 heavy (non-hydrogen) atoms. The second-order valence-electron chi connectivity index (χ2n) is 6.31. The van der Waals surface area contributed by atoms with E-state index in [0.717, 1.165) is 51.0 Å². The molecular weight excluding hydrogens is 304 g/mol. The number of hydrogen-bond acceptors (Lipinski definition) is 4. The molecule has 0 aromatic heterocycles. The summed E-state index contributed by atoms with van der Waals surface area (Å²) in [4.78, 5) is 18.3. The highest BCUT2D eigenvalue weighted by Gasteiger charge is 2.19. The van der Waals surface area contributed by atoms with E-state index >= 15 is 0 Å². The van der Waals surface area contributed by atoms with Crippen molar-refractivity contribution in [2.24, 2.45) is 4.99 Å². The zero-order valence-corrected chi connectivity index (χ0v) is 15.8. The first-order chi connectivity index (χ1) is 11.7. The Morgan fingerprint density at radius 1 is 1.25 bits per heavy atom. The number of likely N-dealkylation sites (tertiary alicyclic amines) is 1. The lowest BCUT2D eigenvalue weighted by molar-refractivity contribution is -0.140. The first-order valence-electron chi connectivity index (χ1n) is 9.54. The molecule has 1 aliphatic heterocycles. The van der Waals surface area contributed by atoms with E-state index in [1.165, 1.54) is 39.3 Å². The first-order valence-corrected chi connectivity index (χ1v) is 9.54. The van der Waals surface area contributed by atoms with Crippen LogP contribution in [0.4, 0.5) is 0 Å². The van der Waals surface area contributed by atoms with Crippen LogP contribution in [0.15, 0.2) is 4.99 Å². The number of nitrogens with one attached hydrogen (secondary N) is 2. The summed E-state index contributed by atoms with van der Waals surface area (Å²) in [6, 6.07) is 0.749. The second kappa shape index (κ2) is 13.0. The summed E-state index contributed by atoms with van der Waals surface area (Å²) in [6.07, 6.45) is 7.47. The van der Waals surface area contributed by atoms with Crippen molar-refractivity contribution in [2.75, 3.05) is 39.8 Å². The van der Waals surface area contributed by atoms with Gasteiger partial charge in [-0.05, 0) is 45.6 Å². The van der Waals surface area contributed by atoms with Crippen molar-refractivity contribution in [3.63, 3.8) is 0 Å². The molecule has 0 aromatic carbocycles. The lowest BCUT2D eigenvalue weighted by Gasteiger charge is -2.35. The number of methoxy groups -OCH3 is 1. The van der Waals surface area contributed by atoms with Gasteiger partial charge in [0.2, 0.25) is 0 Å². The van der Waals surface area contributed by atoms with Gasteiger partial charge in [-0.3, -0.25) is 14.7 Å². The molecule has 2 N–H and O–H groups in total. The zero-order chi connectivity index (χ0) is 17.6. The number of rotatable bonds is 10. The molecule has 0 aromatic rings. The monoisotopic (exact) mass is 340 g/mol. The summed E-state index contributed by atoms with van der Waals surface area (Å²) in [5.41, 5.74) is 0. The third-order valence-corrected chi connectivity index (χ3v) is 4.54. The van der Waals surface area contributed by atoms with Gasteiger partial charge < -0.3 is 15.4 Å². The maximum absolute atomic E-state index is 11.1.